The van der Waals surface area contributed by atoms with Crippen molar-refractivity contribution >= 4 is 22.8 Å². The molecule has 2 heterocycles. The molecular weight excluding hydrogens is 378 g/mol. The van der Waals surface area contributed by atoms with Gasteiger partial charge in [0, 0.05) is 11.4 Å². The van der Waals surface area contributed by atoms with Crippen molar-refractivity contribution in [1.82, 2.24) is 20.6 Å². The van der Waals surface area contributed by atoms with E-state index in [1.165, 1.54) is 5.56 Å². The number of para-hydroxylation sites is 1. The van der Waals surface area contributed by atoms with E-state index in [1.807, 2.05) is 32.0 Å². The number of amides is 1. The summed E-state index contributed by atoms with van der Waals surface area (Å²) in [5, 5.41) is 10.6. The molecule has 7 nitrogen and oxygen atoms in total. The molecule has 0 spiro atoms. The summed E-state index contributed by atoms with van der Waals surface area (Å²) in [4.78, 5) is 22.0. The molecule has 30 heavy (non-hydrogen) atoms. The molecule has 1 aromatic heterocycles. The Balaban J connectivity index is 1.49. The number of aryl methyl sites for hydroxylation is 2. The van der Waals surface area contributed by atoms with Gasteiger partial charge in [0.15, 0.2) is 6.29 Å². The van der Waals surface area contributed by atoms with Crippen molar-refractivity contribution in [1.29, 1.82) is 0 Å². The van der Waals surface area contributed by atoms with Crippen molar-refractivity contribution in [3.8, 4) is 5.75 Å². The van der Waals surface area contributed by atoms with Gasteiger partial charge in [-0.1, -0.05) is 42.0 Å². The van der Waals surface area contributed by atoms with E-state index in [4.69, 9.17) is 4.74 Å². The molecular formula is C23H27N5O2. The number of aromatic nitrogens is 2. The Bertz CT molecular complexity index is 1070. The van der Waals surface area contributed by atoms with E-state index in [1.54, 1.807) is 7.11 Å². The zero-order valence-electron chi connectivity index (χ0n) is 17.7. The number of carbonyl (C=O) groups is 1. The normalized spacial score (nSPS) is 21.3. The quantitative estimate of drug-likeness (QED) is 0.605. The lowest BCUT2D eigenvalue weighted by Crippen LogP contribution is -2.63. The van der Waals surface area contributed by atoms with Gasteiger partial charge in [-0.2, -0.15) is 0 Å². The van der Waals surface area contributed by atoms with Gasteiger partial charge in [-0.15, -0.1) is 0 Å². The first kappa shape index (κ1) is 20.1. The van der Waals surface area contributed by atoms with Gasteiger partial charge in [0.1, 0.15) is 11.3 Å². The van der Waals surface area contributed by atoms with Gasteiger partial charge < -0.3 is 15.4 Å². The molecule has 1 fully saturated rings. The molecule has 3 atom stereocenters. The van der Waals surface area contributed by atoms with Crippen LogP contribution in [0, 0.1) is 19.8 Å². The summed E-state index contributed by atoms with van der Waals surface area (Å²) in [6.45, 7) is 6.02. The van der Waals surface area contributed by atoms with E-state index in [9.17, 15) is 4.79 Å². The maximum Gasteiger partial charge on any atom is 0.227 e. The van der Waals surface area contributed by atoms with E-state index in [2.05, 4.69) is 57.1 Å². The van der Waals surface area contributed by atoms with Crippen LogP contribution in [0.3, 0.4) is 0 Å². The Hall–Kier alpha value is -3.19. The summed E-state index contributed by atoms with van der Waals surface area (Å²) in [6, 6.07) is 14.1. The highest BCUT2D eigenvalue weighted by atomic mass is 16.5. The molecule has 1 aliphatic rings. The summed E-state index contributed by atoms with van der Waals surface area (Å²) in [5.41, 5.74) is 3.95. The third-order valence-electron chi connectivity index (χ3n) is 5.61. The minimum Gasteiger partial charge on any atom is -0.494 e. The van der Waals surface area contributed by atoms with Crippen LogP contribution < -0.4 is 20.7 Å². The predicted octanol–water partition coefficient (Wildman–Crippen LogP) is 2.92. The molecule has 156 valence electrons. The fraction of sp³-hybridized carbons (Fsp3) is 0.348. The van der Waals surface area contributed by atoms with E-state index in [0.717, 1.165) is 22.2 Å². The number of hydrogen-bond donors (Lipinski definition) is 3. The number of methoxy groups -OCH3 is 1. The van der Waals surface area contributed by atoms with Gasteiger partial charge in [0.2, 0.25) is 11.9 Å². The maximum absolute atomic E-state index is 12.8. The topological polar surface area (TPSA) is 88.2 Å². The average Bonchev–Trinajstić information content (AvgIpc) is 2.72. The molecule has 1 saturated heterocycles. The minimum atomic E-state index is -0.451. The molecule has 0 aliphatic carbocycles. The van der Waals surface area contributed by atoms with Crippen LogP contribution in [0.2, 0.25) is 0 Å². The van der Waals surface area contributed by atoms with Crippen molar-refractivity contribution in [3.63, 3.8) is 0 Å². The Morgan fingerprint density at radius 2 is 1.87 bits per heavy atom. The first-order valence-electron chi connectivity index (χ1n) is 10.1. The zero-order valence-corrected chi connectivity index (χ0v) is 17.7. The van der Waals surface area contributed by atoms with Crippen LogP contribution in [0.25, 0.3) is 10.9 Å². The monoisotopic (exact) mass is 405 g/mol. The number of rotatable bonds is 5. The second-order valence-electron chi connectivity index (χ2n) is 7.83. The predicted molar refractivity (Wildman–Crippen MR) is 117 cm³/mol. The van der Waals surface area contributed by atoms with Gasteiger partial charge in [-0.05, 0) is 38.8 Å². The molecule has 0 saturated carbocycles. The highest BCUT2D eigenvalue weighted by Crippen LogP contribution is 2.26. The Morgan fingerprint density at radius 1 is 1.10 bits per heavy atom. The summed E-state index contributed by atoms with van der Waals surface area (Å²) < 4.78 is 5.44. The average molecular weight is 406 g/mol. The third kappa shape index (κ3) is 4.07. The lowest BCUT2D eigenvalue weighted by atomic mass is 9.90. The summed E-state index contributed by atoms with van der Waals surface area (Å²) in [5.74, 6) is 0.985. The molecule has 2 aromatic carbocycles. The Kier molecular flexibility index (Phi) is 5.55. The number of hydrogen-bond acceptors (Lipinski definition) is 6. The van der Waals surface area contributed by atoms with Crippen LogP contribution in [-0.2, 0) is 11.2 Å². The maximum atomic E-state index is 12.8. The molecule has 1 amide bonds. The fourth-order valence-corrected chi connectivity index (χ4v) is 3.86. The molecule has 4 rings (SSSR count). The Morgan fingerprint density at radius 3 is 2.57 bits per heavy atom. The summed E-state index contributed by atoms with van der Waals surface area (Å²) in [6.07, 6.45) is 0.240. The SMILES string of the molecule is COc1cccc2c(C)nc(NC3NC(=O)C(Cc4ccc(C)cc4)C(C)N3)nc12. The number of nitrogens with one attached hydrogen (secondary N) is 3. The lowest BCUT2D eigenvalue weighted by Gasteiger charge is -2.36. The van der Waals surface area contributed by atoms with E-state index in [0.29, 0.717) is 18.1 Å². The highest BCUT2D eigenvalue weighted by molar-refractivity contribution is 5.87. The van der Waals surface area contributed by atoms with Crippen molar-refractivity contribution in [3.05, 3.63) is 59.3 Å². The molecule has 0 radical (unpaired) electrons. The van der Waals surface area contributed by atoms with Gasteiger partial charge >= 0.3 is 0 Å². The minimum absolute atomic E-state index is 0.00589. The number of nitrogens with zero attached hydrogens (tertiary/aromatic N) is 2. The third-order valence-corrected chi connectivity index (χ3v) is 5.61. The van der Waals surface area contributed by atoms with Crippen LogP contribution in [0.15, 0.2) is 42.5 Å². The first-order chi connectivity index (χ1) is 14.4. The van der Waals surface area contributed by atoms with E-state index >= 15 is 0 Å². The van der Waals surface area contributed by atoms with Gasteiger partial charge in [-0.25, -0.2) is 9.97 Å². The van der Waals surface area contributed by atoms with Gasteiger partial charge in [0.05, 0.1) is 18.7 Å². The van der Waals surface area contributed by atoms with Crippen LogP contribution in [0.4, 0.5) is 5.95 Å². The lowest BCUT2D eigenvalue weighted by molar-refractivity contribution is -0.128. The fourth-order valence-electron chi connectivity index (χ4n) is 3.86. The number of benzene rings is 2. The molecule has 0 bridgehead atoms. The van der Waals surface area contributed by atoms with E-state index < -0.39 is 6.29 Å². The van der Waals surface area contributed by atoms with Crippen molar-refractivity contribution in [2.75, 3.05) is 12.4 Å². The first-order valence-corrected chi connectivity index (χ1v) is 10.1. The number of anilines is 1. The highest BCUT2D eigenvalue weighted by Gasteiger charge is 2.33. The number of fused-ring (bicyclic) bond motifs is 1. The molecule has 3 N–H and O–H groups in total. The second-order valence-corrected chi connectivity index (χ2v) is 7.83. The van der Waals surface area contributed by atoms with Crippen LogP contribution in [0.5, 0.6) is 5.75 Å². The summed E-state index contributed by atoms with van der Waals surface area (Å²) >= 11 is 0. The largest absolute Gasteiger partial charge is 0.494 e. The zero-order chi connectivity index (χ0) is 21.3. The van der Waals surface area contributed by atoms with E-state index in [-0.39, 0.29) is 17.9 Å². The molecule has 1 aliphatic heterocycles. The summed E-state index contributed by atoms with van der Waals surface area (Å²) in [7, 11) is 1.62. The molecule has 3 aromatic rings. The van der Waals surface area contributed by atoms with Crippen LogP contribution >= 0.6 is 0 Å². The number of ether oxygens (including phenoxy) is 1. The Labute approximate surface area is 176 Å². The smallest absolute Gasteiger partial charge is 0.227 e. The standard InChI is InChI=1S/C23H27N5O2/c1-13-8-10-16(11-9-13)12-18-15(3)25-23(27-21(18)29)28-22-24-14(2)17-6-5-7-19(30-4)20(17)26-22/h5-11,15,18,23,25H,12H2,1-4H3,(H,27,29)(H,24,26,28). The van der Waals surface area contributed by atoms with Gasteiger partial charge in [-0.3, -0.25) is 10.1 Å². The van der Waals surface area contributed by atoms with Crippen LogP contribution in [0.1, 0.15) is 23.7 Å². The van der Waals surface area contributed by atoms with Crippen molar-refractivity contribution in [2.24, 2.45) is 5.92 Å². The van der Waals surface area contributed by atoms with Crippen LogP contribution in [-0.4, -0.2) is 35.3 Å². The van der Waals surface area contributed by atoms with Crippen molar-refractivity contribution < 1.29 is 9.53 Å². The van der Waals surface area contributed by atoms with Gasteiger partial charge in [0.25, 0.3) is 0 Å². The molecule has 7 heteroatoms. The molecule has 3 unspecified atom stereocenters. The second kappa shape index (κ2) is 8.28. The van der Waals surface area contributed by atoms with Crippen molar-refractivity contribution in [2.45, 2.75) is 39.5 Å². The number of carbonyl (C=O) groups excluding carboxylic acids is 1.